The first-order chi connectivity index (χ1) is 7.66. The van der Waals surface area contributed by atoms with Crippen LogP contribution in [0.3, 0.4) is 0 Å². The highest BCUT2D eigenvalue weighted by atomic mass is 127. The van der Waals surface area contributed by atoms with E-state index < -0.39 is 0 Å². The molecule has 1 aliphatic rings. The second-order valence-corrected chi connectivity index (χ2v) is 4.50. The maximum Gasteiger partial charge on any atom is 0.191 e. The van der Waals surface area contributed by atoms with Gasteiger partial charge in [-0.2, -0.15) is 0 Å². The predicted molar refractivity (Wildman–Crippen MR) is 82.7 cm³/mol. The molecule has 94 valence electrons. The van der Waals surface area contributed by atoms with Crippen LogP contribution in [0.25, 0.3) is 0 Å². The van der Waals surface area contributed by atoms with Gasteiger partial charge < -0.3 is 10.6 Å². The molecular formula is C13H20IN3. The van der Waals surface area contributed by atoms with E-state index in [1.165, 1.54) is 24.0 Å². The van der Waals surface area contributed by atoms with Gasteiger partial charge in [0.15, 0.2) is 5.96 Å². The maximum atomic E-state index is 5.91. The molecule has 0 aromatic heterocycles. The van der Waals surface area contributed by atoms with Crippen molar-refractivity contribution in [3.63, 3.8) is 0 Å². The smallest absolute Gasteiger partial charge is 0.191 e. The van der Waals surface area contributed by atoms with E-state index in [0.717, 1.165) is 0 Å². The summed E-state index contributed by atoms with van der Waals surface area (Å²) in [6, 6.07) is 9.03. The minimum atomic E-state index is 0. The zero-order chi connectivity index (χ0) is 11.5. The van der Waals surface area contributed by atoms with Gasteiger partial charge in [0.1, 0.15) is 0 Å². The lowest BCUT2D eigenvalue weighted by atomic mass is 10.1. The molecule has 0 bridgehead atoms. The van der Waals surface area contributed by atoms with E-state index in [-0.39, 0.29) is 24.0 Å². The standard InChI is InChI=1S/C13H19N3.HI/c1-10-3-5-11(6-4-10)9-15-13(14)16(2)12-7-8-12;/h3-6,12H,7-9H2,1-2H3,(H2,14,15);1H. The van der Waals surface area contributed by atoms with Gasteiger partial charge in [-0.15, -0.1) is 24.0 Å². The van der Waals surface area contributed by atoms with Gasteiger partial charge in [0, 0.05) is 13.1 Å². The van der Waals surface area contributed by atoms with E-state index in [1.54, 1.807) is 0 Å². The van der Waals surface area contributed by atoms with Crippen LogP contribution >= 0.6 is 24.0 Å². The molecule has 3 nitrogen and oxygen atoms in total. The van der Waals surface area contributed by atoms with E-state index in [4.69, 9.17) is 5.73 Å². The van der Waals surface area contributed by atoms with Crippen LogP contribution in [0.5, 0.6) is 0 Å². The first-order valence-electron chi connectivity index (χ1n) is 5.75. The predicted octanol–water partition coefficient (Wildman–Crippen LogP) is 2.52. The number of hydrogen-bond donors (Lipinski definition) is 1. The molecule has 0 unspecified atom stereocenters. The van der Waals surface area contributed by atoms with Crippen LogP contribution in [0.4, 0.5) is 0 Å². The molecule has 1 aliphatic carbocycles. The molecule has 1 saturated carbocycles. The fourth-order valence-electron chi connectivity index (χ4n) is 1.63. The van der Waals surface area contributed by atoms with E-state index in [1.807, 2.05) is 7.05 Å². The Labute approximate surface area is 120 Å². The Morgan fingerprint density at radius 3 is 2.47 bits per heavy atom. The Balaban J connectivity index is 0.00000144. The van der Waals surface area contributed by atoms with Crippen molar-refractivity contribution < 1.29 is 0 Å². The number of hydrogen-bond acceptors (Lipinski definition) is 1. The fraction of sp³-hybridized carbons (Fsp3) is 0.462. The molecule has 0 aliphatic heterocycles. The summed E-state index contributed by atoms with van der Waals surface area (Å²) in [6.45, 7) is 2.76. The molecule has 17 heavy (non-hydrogen) atoms. The lowest BCUT2D eigenvalue weighted by molar-refractivity contribution is 0.487. The topological polar surface area (TPSA) is 41.6 Å². The molecule has 2 rings (SSSR count). The van der Waals surface area contributed by atoms with Crippen molar-refractivity contribution in [2.24, 2.45) is 10.7 Å². The Bertz CT molecular complexity index is 382. The maximum absolute atomic E-state index is 5.91. The summed E-state index contributed by atoms with van der Waals surface area (Å²) in [7, 11) is 2.02. The lowest BCUT2D eigenvalue weighted by Gasteiger charge is -2.16. The highest BCUT2D eigenvalue weighted by Crippen LogP contribution is 2.24. The first-order valence-corrected chi connectivity index (χ1v) is 5.75. The summed E-state index contributed by atoms with van der Waals surface area (Å²) in [6.07, 6.45) is 2.49. The number of nitrogens with zero attached hydrogens (tertiary/aromatic N) is 2. The quantitative estimate of drug-likeness (QED) is 0.520. The van der Waals surface area contributed by atoms with Gasteiger partial charge in [-0.1, -0.05) is 29.8 Å². The summed E-state index contributed by atoms with van der Waals surface area (Å²) in [5.41, 5.74) is 8.39. The number of aliphatic imine (C=N–C) groups is 1. The summed E-state index contributed by atoms with van der Waals surface area (Å²) in [5, 5.41) is 0. The van der Waals surface area contributed by atoms with Gasteiger partial charge >= 0.3 is 0 Å². The van der Waals surface area contributed by atoms with Gasteiger partial charge in [-0.3, -0.25) is 0 Å². The minimum absolute atomic E-state index is 0. The van der Waals surface area contributed by atoms with Crippen molar-refractivity contribution in [3.8, 4) is 0 Å². The molecule has 4 heteroatoms. The Hall–Kier alpha value is -0.780. The molecule has 0 radical (unpaired) electrons. The van der Waals surface area contributed by atoms with Crippen molar-refractivity contribution in [2.75, 3.05) is 7.05 Å². The molecule has 0 spiro atoms. The molecule has 1 fully saturated rings. The van der Waals surface area contributed by atoms with Crippen molar-refractivity contribution in [1.82, 2.24) is 4.90 Å². The van der Waals surface area contributed by atoms with Crippen LogP contribution in [-0.4, -0.2) is 23.9 Å². The Kier molecular flexibility index (Phi) is 5.24. The molecule has 1 aromatic carbocycles. The second-order valence-electron chi connectivity index (χ2n) is 4.50. The molecule has 1 aromatic rings. The SMILES string of the molecule is Cc1ccc(CN=C(N)N(C)C2CC2)cc1.I. The van der Waals surface area contributed by atoms with Crippen molar-refractivity contribution in [1.29, 1.82) is 0 Å². The summed E-state index contributed by atoms with van der Waals surface area (Å²) < 4.78 is 0. The average molecular weight is 345 g/mol. The summed E-state index contributed by atoms with van der Waals surface area (Å²) >= 11 is 0. The molecular weight excluding hydrogens is 325 g/mol. The van der Waals surface area contributed by atoms with Crippen LogP contribution in [0, 0.1) is 6.92 Å². The molecule has 0 atom stereocenters. The largest absolute Gasteiger partial charge is 0.370 e. The fourth-order valence-corrected chi connectivity index (χ4v) is 1.63. The van der Waals surface area contributed by atoms with Gasteiger partial charge in [0.2, 0.25) is 0 Å². The number of benzene rings is 1. The van der Waals surface area contributed by atoms with Crippen LogP contribution in [0.15, 0.2) is 29.3 Å². The van der Waals surface area contributed by atoms with Gasteiger partial charge in [0.05, 0.1) is 6.54 Å². The average Bonchev–Trinajstić information content (AvgIpc) is 3.11. The first kappa shape index (κ1) is 14.3. The second kappa shape index (κ2) is 6.23. The Morgan fingerprint density at radius 2 is 1.94 bits per heavy atom. The van der Waals surface area contributed by atoms with Crippen LogP contribution < -0.4 is 5.73 Å². The van der Waals surface area contributed by atoms with E-state index in [9.17, 15) is 0 Å². The third kappa shape index (κ3) is 4.18. The molecule has 0 heterocycles. The summed E-state index contributed by atoms with van der Waals surface area (Å²) in [5.74, 6) is 0.656. The number of halogens is 1. The zero-order valence-corrected chi connectivity index (χ0v) is 12.7. The van der Waals surface area contributed by atoms with Crippen LogP contribution in [0.1, 0.15) is 24.0 Å². The number of rotatable bonds is 3. The molecule has 2 N–H and O–H groups in total. The zero-order valence-electron chi connectivity index (χ0n) is 10.4. The lowest BCUT2D eigenvalue weighted by Crippen LogP contribution is -2.35. The van der Waals surface area contributed by atoms with E-state index in [0.29, 0.717) is 18.5 Å². The van der Waals surface area contributed by atoms with Crippen molar-refractivity contribution in [3.05, 3.63) is 35.4 Å². The minimum Gasteiger partial charge on any atom is -0.370 e. The van der Waals surface area contributed by atoms with Gasteiger partial charge in [0.25, 0.3) is 0 Å². The van der Waals surface area contributed by atoms with Crippen molar-refractivity contribution in [2.45, 2.75) is 32.4 Å². The number of nitrogens with two attached hydrogens (primary N) is 1. The number of aryl methyl sites for hydroxylation is 1. The van der Waals surface area contributed by atoms with Crippen LogP contribution in [0.2, 0.25) is 0 Å². The van der Waals surface area contributed by atoms with Crippen molar-refractivity contribution >= 4 is 29.9 Å². The molecule has 0 saturated heterocycles. The highest BCUT2D eigenvalue weighted by molar-refractivity contribution is 14.0. The molecule has 0 amide bonds. The Morgan fingerprint density at radius 1 is 1.35 bits per heavy atom. The highest BCUT2D eigenvalue weighted by Gasteiger charge is 2.27. The van der Waals surface area contributed by atoms with Gasteiger partial charge in [-0.05, 0) is 25.3 Å². The monoisotopic (exact) mass is 345 g/mol. The number of guanidine groups is 1. The van der Waals surface area contributed by atoms with E-state index >= 15 is 0 Å². The normalized spacial score (nSPS) is 15.3. The summed E-state index contributed by atoms with van der Waals surface area (Å²) in [4.78, 5) is 6.48. The third-order valence-electron chi connectivity index (χ3n) is 3.00. The van der Waals surface area contributed by atoms with Gasteiger partial charge in [-0.25, -0.2) is 4.99 Å². The van der Waals surface area contributed by atoms with Crippen LogP contribution in [-0.2, 0) is 6.54 Å². The third-order valence-corrected chi connectivity index (χ3v) is 3.00. The van der Waals surface area contributed by atoms with E-state index in [2.05, 4.69) is 41.1 Å².